The quantitative estimate of drug-likeness (QED) is 0.691. The fourth-order valence-electron chi connectivity index (χ4n) is 3.58. The monoisotopic (exact) mass is 358 g/mol. The van der Waals surface area contributed by atoms with E-state index in [1.165, 1.54) is 0 Å². The summed E-state index contributed by atoms with van der Waals surface area (Å²) in [4.78, 5) is 11.8. The zero-order chi connectivity index (χ0) is 18.4. The van der Waals surface area contributed by atoms with Crippen LogP contribution in [0.5, 0.6) is 0 Å². The molecular weight excluding hydrogens is 333 g/mol. The number of aryl methyl sites for hydroxylation is 1. The Kier molecular flexibility index (Phi) is 6.87. The van der Waals surface area contributed by atoms with Gasteiger partial charge in [-0.15, -0.1) is 0 Å². The maximum absolute atomic E-state index is 12.3. The van der Waals surface area contributed by atoms with Gasteiger partial charge in [0.1, 0.15) is 6.61 Å². The first-order chi connectivity index (χ1) is 11.8. The highest BCUT2D eigenvalue weighted by atomic mass is 19.4. The second-order valence-corrected chi connectivity index (χ2v) is 6.53. The van der Waals surface area contributed by atoms with Gasteiger partial charge in [-0.3, -0.25) is 4.79 Å². The molecule has 1 aromatic rings. The highest BCUT2D eigenvalue weighted by Crippen LogP contribution is 2.38. The number of ether oxygens (including phenoxy) is 2. The van der Waals surface area contributed by atoms with Crippen LogP contribution in [0.3, 0.4) is 0 Å². The number of rotatable bonds is 6. The molecule has 0 unspecified atom stereocenters. The maximum Gasteiger partial charge on any atom is 0.411 e. The van der Waals surface area contributed by atoms with Gasteiger partial charge in [0, 0.05) is 0 Å². The van der Waals surface area contributed by atoms with Gasteiger partial charge in [-0.05, 0) is 62.1 Å². The summed E-state index contributed by atoms with van der Waals surface area (Å²) in [5, 5.41) is 0. The summed E-state index contributed by atoms with van der Waals surface area (Å²) in [7, 11) is 0. The van der Waals surface area contributed by atoms with Crippen LogP contribution < -0.4 is 0 Å². The molecule has 1 saturated carbocycles. The average molecular weight is 358 g/mol. The van der Waals surface area contributed by atoms with Crippen molar-refractivity contribution in [3.63, 3.8) is 0 Å². The Labute approximate surface area is 146 Å². The number of carbonyl (C=O) groups excluding carboxylic acids is 1. The number of hydrogen-bond acceptors (Lipinski definition) is 3. The Balaban J connectivity index is 2.01. The number of carbonyl (C=O) groups is 1. The Morgan fingerprint density at radius 2 is 1.88 bits per heavy atom. The third kappa shape index (κ3) is 6.03. The van der Waals surface area contributed by atoms with Crippen LogP contribution in [-0.4, -0.2) is 31.5 Å². The topological polar surface area (TPSA) is 35.5 Å². The van der Waals surface area contributed by atoms with Crippen LogP contribution in [0.15, 0.2) is 18.2 Å². The number of halogens is 3. The van der Waals surface area contributed by atoms with Crippen molar-refractivity contribution >= 4 is 5.97 Å². The summed E-state index contributed by atoms with van der Waals surface area (Å²) in [5.41, 5.74) is 3.21. The highest BCUT2D eigenvalue weighted by Gasteiger charge is 2.31. The van der Waals surface area contributed by atoms with Gasteiger partial charge in [-0.1, -0.05) is 18.2 Å². The van der Waals surface area contributed by atoms with E-state index in [9.17, 15) is 18.0 Å². The molecule has 1 aliphatic carbocycles. The third-order valence-electron chi connectivity index (χ3n) is 4.62. The first kappa shape index (κ1) is 19.8. The molecule has 140 valence electrons. The molecule has 1 aliphatic rings. The van der Waals surface area contributed by atoms with Crippen LogP contribution in [0.1, 0.15) is 55.2 Å². The number of esters is 1. The minimum Gasteiger partial charge on any atom is -0.466 e. The summed E-state index contributed by atoms with van der Waals surface area (Å²) in [5.74, 6) is -0.00657. The second-order valence-electron chi connectivity index (χ2n) is 6.53. The predicted molar refractivity (Wildman–Crippen MR) is 88.5 cm³/mol. The van der Waals surface area contributed by atoms with E-state index in [1.807, 2.05) is 25.1 Å². The molecule has 0 spiro atoms. The fraction of sp³-hybridized carbons (Fsp3) is 0.632. The van der Waals surface area contributed by atoms with E-state index in [0.29, 0.717) is 19.4 Å². The molecule has 3 nitrogen and oxygen atoms in total. The fourth-order valence-corrected chi connectivity index (χ4v) is 3.58. The van der Waals surface area contributed by atoms with E-state index in [4.69, 9.17) is 9.47 Å². The molecule has 0 amide bonds. The smallest absolute Gasteiger partial charge is 0.411 e. The van der Waals surface area contributed by atoms with Crippen LogP contribution in [-0.2, 0) is 20.7 Å². The van der Waals surface area contributed by atoms with Crippen LogP contribution >= 0.6 is 0 Å². The van der Waals surface area contributed by atoms with Crippen LogP contribution in [0.4, 0.5) is 13.2 Å². The molecule has 0 saturated heterocycles. The lowest BCUT2D eigenvalue weighted by molar-refractivity contribution is -0.188. The van der Waals surface area contributed by atoms with Crippen LogP contribution in [0, 0.1) is 6.92 Å². The minimum atomic E-state index is -4.28. The molecule has 1 aromatic carbocycles. The average Bonchev–Trinajstić information content (AvgIpc) is 2.53. The molecule has 0 radical (unpaired) electrons. The Bertz CT molecular complexity index is 576. The molecule has 0 N–H and O–H groups in total. The van der Waals surface area contributed by atoms with Gasteiger partial charge >= 0.3 is 12.1 Å². The van der Waals surface area contributed by atoms with Gasteiger partial charge in [0.25, 0.3) is 0 Å². The van der Waals surface area contributed by atoms with Crippen molar-refractivity contribution < 1.29 is 27.4 Å². The Hall–Kier alpha value is -1.56. The summed E-state index contributed by atoms with van der Waals surface area (Å²) in [6.45, 7) is 2.95. The van der Waals surface area contributed by atoms with Crippen molar-refractivity contribution in [3.05, 3.63) is 34.9 Å². The van der Waals surface area contributed by atoms with Crippen molar-refractivity contribution in [3.8, 4) is 0 Å². The number of benzene rings is 1. The van der Waals surface area contributed by atoms with Gasteiger partial charge in [-0.2, -0.15) is 13.2 Å². The molecule has 6 heteroatoms. The molecule has 0 aromatic heterocycles. The van der Waals surface area contributed by atoms with E-state index in [-0.39, 0.29) is 24.4 Å². The summed E-state index contributed by atoms with van der Waals surface area (Å²) in [6, 6.07) is 5.87. The lowest BCUT2D eigenvalue weighted by Crippen LogP contribution is -2.27. The maximum atomic E-state index is 12.3. The third-order valence-corrected chi connectivity index (χ3v) is 4.62. The van der Waals surface area contributed by atoms with E-state index in [0.717, 1.165) is 29.5 Å². The van der Waals surface area contributed by atoms with E-state index in [1.54, 1.807) is 6.92 Å². The molecule has 1 fully saturated rings. The normalized spacial score (nSPS) is 21.2. The number of alkyl halides is 3. The van der Waals surface area contributed by atoms with Gasteiger partial charge < -0.3 is 9.47 Å². The SMILES string of the molecule is CCOC(=O)Cc1cccc(C)c1C1CCC(OCC(F)(F)F)CC1. The predicted octanol–water partition coefficient (Wildman–Crippen LogP) is 4.71. The van der Waals surface area contributed by atoms with Crippen molar-refractivity contribution in [1.29, 1.82) is 0 Å². The summed E-state index contributed by atoms with van der Waals surface area (Å²) < 4.78 is 46.9. The Morgan fingerprint density at radius 3 is 2.48 bits per heavy atom. The molecule has 0 heterocycles. The zero-order valence-electron chi connectivity index (χ0n) is 14.7. The molecule has 2 rings (SSSR count). The Morgan fingerprint density at radius 1 is 1.20 bits per heavy atom. The zero-order valence-corrected chi connectivity index (χ0v) is 14.7. The van der Waals surface area contributed by atoms with Gasteiger partial charge in [0.05, 0.1) is 19.1 Å². The van der Waals surface area contributed by atoms with Crippen molar-refractivity contribution in [2.45, 2.75) is 64.1 Å². The molecule has 0 aliphatic heterocycles. The van der Waals surface area contributed by atoms with Crippen molar-refractivity contribution in [2.75, 3.05) is 13.2 Å². The molecule has 25 heavy (non-hydrogen) atoms. The van der Waals surface area contributed by atoms with E-state index in [2.05, 4.69) is 0 Å². The summed E-state index contributed by atoms with van der Waals surface area (Å²) in [6.07, 6.45) is -1.64. The lowest BCUT2D eigenvalue weighted by Gasteiger charge is -2.31. The second kappa shape index (κ2) is 8.70. The van der Waals surface area contributed by atoms with Crippen molar-refractivity contribution in [1.82, 2.24) is 0 Å². The molecule has 0 atom stereocenters. The summed E-state index contributed by atoms with van der Waals surface area (Å²) >= 11 is 0. The standard InChI is InChI=1S/C19H25F3O3/c1-3-24-17(23)11-15-6-4-5-13(2)18(15)14-7-9-16(10-8-14)25-12-19(20,21)22/h4-6,14,16H,3,7-12H2,1-2H3. The first-order valence-corrected chi connectivity index (χ1v) is 8.72. The van der Waals surface area contributed by atoms with E-state index >= 15 is 0 Å². The molecular formula is C19H25F3O3. The minimum absolute atomic E-state index is 0.232. The first-order valence-electron chi connectivity index (χ1n) is 8.72. The van der Waals surface area contributed by atoms with Crippen LogP contribution in [0.2, 0.25) is 0 Å². The van der Waals surface area contributed by atoms with E-state index < -0.39 is 12.8 Å². The molecule has 0 bridgehead atoms. The largest absolute Gasteiger partial charge is 0.466 e. The van der Waals surface area contributed by atoms with Crippen molar-refractivity contribution in [2.24, 2.45) is 0 Å². The van der Waals surface area contributed by atoms with Gasteiger partial charge in [-0.25, -0.2) is 0 Å². The highest BCUT2D eigenvalue weighted by molar-refractivity contribution is 5.73. The van der Waals surface area contributed by atoms with Gasteiger partial charge in [0.15, 0.2) is 0 Å². The lowest BCUT2D eigenvalue weighted by atomic mass is 9.78. The van der Waals surface area contributed by atoms with Crippen LogP contribution in [0.25, 0.3) is 0 Å². The van der Waals surface area contributed by atoms with Gasteiger partial charge in [0.2, 0.25) is 0 Å². The number of hydrogen-bond donors (Lipinski definition) is 0.